The lowest BCUT2D eigenvalue weighted by atomic mass is 9.87. The predicted octanol–water partition coefficient (Wildman–Crippen LogP) is 2.92. The normalized spacial score (nSPS) is 12.0. The minimum Gasteiger partial charge on any atom is -0.507 e. The van der Waals surface area contributed by atoms with Gasteiger partial charge in [0.25, 0.3) is 0 Å². The van der Waals surface area contributed by atoms with Crippen LogP contribution in [0.1, 0.15) is 23.5 Å². The Kier molecular flexibility index (Phi) is 5.06. The van der Waals surface area contributed by atoms with Crippen molar-refractivity contribution in [3.63, 3.8) is 0 Å². The SMILES string of the molecule is COc1cc(O)c([C@@H](CCO)c2ccccc2)c(OC)c1. The molecule has 21 heavy (non-hydrogen) atoms. The monoisotopic (exact) mass is 288 g/mol. The first-order chi connectivity index (χ1) is 10.2. The fourth-order valence-corrected chi connectivity index (χ4v) is 2.52. The first kappa shape index (κ1) is 15.2. The van der Waals surface area contributed by atoms with Gasteiger partial charge in [-0.2, -0.15) is 0 Å². The second kappa shape index (κ2) is 6.99. The maximum Gasteiger partial charge on any atom is 0.130 e. The van der Waals surface area contributed by atoms with Crippen molar-refractivity contribution in [3.8, 4) is 17.2 Å². The van der Waals surface area contributed by atoms with Gasteiger partial charge >= 0.3 is 0 Å². The van der Waals surface area contributed by atoms with Crippen molar-refractivity contribution in [1.29, 1.82) is 0 Å². The highest BCUT2D eigenvalue weighted by atomic mass is 16.5. The second-order valence-electron chi connectivity index (χ2n) is 4.74. The van der Waals surface area contributed by atoms with E-state index in [4.69, 9.17) is 9.47 Å². The number of benzene rings is 2. The lowest BCUT2D eigenvalue weighted by molar-refractivity contribution is 0.279. The van der Waals surface area contributed by atoms with Gasteiger partial charge in [0.2, 0.25) is 0 Å². The van der Waals surface area contributed by atoms with Gasteiger partial charge in [-0.25, -0.2) is 0 Å². The highest BCUT2D eigenvalue weighted by molar-refractivity contribution is 5.54. The van der Waals surface area contributed by atoms with Crippen LogP contribution >= 0.6 is 0 Å². The van der Waals surface area contributed by atoms with E-state index in [0.717, 1.165) is 5.56 Å². The van der Waals surface area contributed by atoms with Crippen LogP contribution in [0.5, 0.6) is 17.2 Å². The summed E-state index contributed by atoms with van der Waals surface area (Å²) >= 11 is 0. The molecule has 0 heterocycles. The number of phenolic OH excluding ortho intramolecular Hbond substituents is 1. The zero-order valence-corrected chi connectivity index (χ0v) is 12.2. The third-order valence-electron chi connectivity index (χ3n) is 3.52. The van der Waals surface area contributed by atoms with Crippen LogP contribution in [-0.2, 0) is 0 Å². The predicted molar refractivity (Wildman–Crippen MR) is 81.2 cm³/mol. The Morgan fingerprint density at radius 2 is 1.76 bits per heavy atom. The third-order valence-corrected chi connectivity index (χ3v) is 3.52. The summed E-state index contributed by atoms with van der Waals surface area (Å²) in [4.78, 5) is 0. The van der Waals surface area contributed by atoms with E-state index in [2.05, 4.69) is 0 Å². The van der Waals surface area contributed by atoms with E-state index in [1.807, 2.05) is 30.3 Å². The molecule has 0 saturated heterocycles. The fourth-order valence-electron chi connectivity index (χ4n) is 2.52. The van der Waals surface area contributed by atoms with Crippen molar-refractivity contribution in [2.24, 2.45) is 0 Å². The molecule has 0 radical (unpaired) electrons. The van der Waals surface area contributed by atoms with E-state index in [9.17, 15) is 10.2 Å². The smallest absolute Gasteiger partial charge is 0.130 e. The van der Waals surface area contributed by atoms with Crippen LogP contribution in [-0.4, -0.2) is 31.0 Å². The molecule has 0 aliphatic heterocycles. The maximum absolute atomic E-state index is 10.4. The summed E-state index contributed by atoms with van der Waals surface area (Å²) in [7, 11) is 3.09. The van der Waals surface area contributed by atoms with E-state index in [0.29, 0.717) is 23.5 Å². The van der Waals surface area contributed by atoms with Crippen molar-refractivity contribution >= 4 is 0 Å². The summed E-state index contributed by atoms with van der Waals surface area (Å²) in [6.07, 6.45) is 0.500. The van der Waals surface area contributed by atoms with E-state index in [1.54, 1.807) is 19.2 Å². The lowest BCUT2D eigenvalue weighted by Crippen LogP contribution is -2.06. The van der Waals surface area contributed by atoms with Gasteiger partial charge in [0, 0.05) is 30.2 Å². The van der Waals surface area contributed by atoms with Gasteiger partial charge in [-0.15, -0.1) is 0 Å². The molecule has 0 aliphatic carbocycles. The summed E-state index contributed by atoms with van der Waals surface area (Å²) < 4.78 is 10.5. The summed E-state index contributed by atoms with van der Waals surface area (Å²) in [6.45, 7) is 0.0220. The van der Waals surface area contributed by atoms with Crippen molar-refractivity contribution in [2.75, 3.05) is 20.8 Å². The summed E-state index contributed by atoms with van der Waals surface area (Å²) in [5.41, 5.74) is 1.68. The molecule has 0 spiro atoms. The molecule has 0 fully saturated rings. The molecule has 0 aliphatic rings. The first-order valence-corrected chi connectivity index (χ1v) is 6.82. The summed E-state index contributed by atoms with van der Waals surface area (Å²) in [5, 5.41) is 19.7. The lowest BCUT2D eigenvalue weighted by Gasteiger charge is -2.21. The van der Waals surface area contributed by atoms with Crippen LogP contribution in [0.25, 0.3) is 0 Å². The molecule has 1 atom stereocenters. The van der Waals surface area contributed by atoms with Crippen LogP contribution in [0.15, 0.2) is 42.5 Å². The molecule has 112 valence electrons. The van der Waals surface area contributed by atoms with Gasteiger partial charge in [0.1, 0.15) is 17.2 Å². The van der Waals surface area contributed by atoms with Crippen molar-refractivity contribution in [3.05, 3.63) is 53.6 Å². The number of hydrogen-bond acceptors (Lipinski definition) is 4. The average molecular weight is 288 g/mol. The molecular weight excluding hydrogens is 268 g/mol. The van der Waals surface area contributed by atoms with Crippen LogP contribution in [0, 0.1) is 0 Å². The molecule has 0 aromatic heterocycles. The van der Waals surface area contributed by atoms with Crippen molar-refractivity contribution in [1.82, 2.24) is 0 Å². The van der Waals surface area contributed by atoms with Crippen molar-refractivity contribution in [2.45, 2.75) is 12.3 Å². The number of aliphatic hydroxyl groups is 1. The molecule has 0 unspecified atom stereocenters. The molecular formula is C17H20O4. The third kappa shape index (κ3) is 3.28. The Hall–Kier alpha value is -2.20. The zero-order valence-electron chi connectivity index (χ0n) is 12.2. The summed E-state index contributed by atoms with van der Waals surface area (Å²) in [6, 6.07) is 13.1. The molecule has 0 saturated carbocycles. The van der Waals surface area contributed by atoms with Gasteiger partial charge in [0.05, 0.1) is 14.2 Å². The molecule has 2 rings (SSSR count). The van der Waals surface area contributed by atoms with Gasteiger partial charge in [-0.1, -0.05) is 30.3 Å². The van der Waals surface area contributed by atoms with E-state index in [1.165, 1.54) is 7.11 Å². The van der Waals surface area contributed by atoms with Crippen LogP contribution in [0.4, 0.5) is 0 Å². The Bertz CT molecular complexity index is 581. The number of ether oxygens (including phenoxy) is 2. The first-order valence-electron chi connectivity index (χ1n) is 6.82. The molecule has 0 amide bonds. The van der Waals surface area contributed by atoms with E-state index >= 15 is 0 Å². The molecule has 2 aromatic carbocycles. The highest BCUT2D eigenvalue weighted by Gasteiger charge is 2.22. The number of rotatable bonds is 6. The highest BCUT2D eigenvalue weighted by Crippen LogP contribution is 2.42. The number of hydrogen-bond donors (Lipinski definition) is 2. The number of aliphatic hydroxyl groups excluding tert-OH is 1. The van der Waals surface area contributed by atoms with Gasteiger partial charge in [0.15, 0.2) is 0 Å². The Morgan fingerprint density at radius 1 is 1.05 bits per heavy atom. The standard InChI is InChI=1S/C17H20O4/c1-20-13-10-15(19)17(16(11-13)21-2)14(8-9-18)12-6-4-3-5-7-12/h3-7,10-11,14,18-19H,8-9H2,1-2H3/t14-/m0/s1. The number of phenols is 1. The molecule has 0 bridgehead atoms. The van der Waals surface area contributed by atoms with Crippen molar-refractivity contribution < 1.29 is 19.7 Å². The van der Waals surface area contributed by atoms with Gasteiger partial charge in [-0.3, -0.25) is 0 Å². The molecule has 2 aromatic rings. The number of aromatic hydroxyl groups is 1. The minimum atomic E-state index is -0.142. The topological polar surface area (TPSA) is 58.9 Å². The average Bonchev–Trinajstić information content (AvgIpc) is 2.53. The summed E-state index contributed by atoms with van der Waals surface area (Å²) in [5.74, 6) is 1.05. The molecule has 4 heteroatoms. The minimum absolute atomic E-state index is 0.0220. The maximum atomic E-state index is 10.4. The largest absolute Gasteiger partial charge is 0.507 e. The number of methoxy groups -OCH3 is 2. The quantitative estimate of drug-likeness (QED) is 0.858. The fraction of sp³-hybridized carbons (Fsp3) is 0.294. The molecule has 2 N–H and O–H groups in total. The second-order valence-corrected chi connectivity index (χ2v) is 4.74. The van der Waals surface area contributed by atoms with Crippen LogP contribution in [0.2, 0.25) is 0 Å². The Balaban J connectivity index is 2.55. The van der Waals surface area contributed by atoms with E-state index in [-0.39, 0.29) is 18.3 Å². The van der Waals surface area contributed by atoms with E-state index < -0.39 is 0 Å². The van der Waals surface area contributed by atoms with Crippen LogP contribution in [0.3, 0.4) is 0 Å². The van der Waals surface area contributed by atoms with Gasteiger partial charge in [-0.05, 0) is 12.0 Å². The van der Waals surface area contributed by atoms with Crippen LogP contribution < -0.4 is 9.47 Å². The zero-order chi connectivity index (χ0) is 15.2. The van der Waals surface area contributed by atoms with Gasteiger partial charge < -0.3 is 19.7 Å². The molecule has 4 nitrogen and oxygen atoms in total. The Morgan fingerprint density at radius 3 is 2.33 bits per heavy atom. The Labute approximate surface area is 124 Å².